The van der Waals surface area contributed by atoms with Gasteiger partial charge in [-0.1, -0.05) is 6.92 Å². The molecule has 3 aromatic heterocycles. The maximum absolute atomic E-state index is 5.09. The Hall–Kier alpha value is -1.73. The fraction of sp³-hybridized carbons (Fsp3) is 0.533. The van der Waals surface area contributed by atoms with Gasteiger partial charge in [0.05, 0.1) is 12.0 Å². The predicted molar refractivity (Wildman–Crippen MR) is 87.9 cm³/mol. The quantitative estimate of drug-likeness (QED) is 0.750. The first-order chi connectivity index (χ1) is 10.8. The van der Waals surface area contributed by atoms with Gasteiger partial charge in [-0.05, 0) is 30.7 Å². The van der Waals surface area contributed by atoms with Crippen molar-refractivity contribution >= 4 is 33.1 Å². The smallest absolute Gasteiger partial charge is 0.227 e. The monoisotopic (exact) mass is 317 g/mol. The molecular weight excluding hydrogens is 298 g/mol. The number of aromatic nitrogens is 4. The van der Waals surface area contributed by atoms with Gasteiger partial charge in [0.25, 0.3) is 0 Å². The number of methoxy groups -OCH3 is 1. The van der Waals surface area contributed by atoms with Gasteiger partial charge < -0.3 is 10.1 Å². The summed E-state index contributed by atoms with van der Waals surface area (Å²) in [7, 11) is 1.69. The van der Waals surface area contributed by atoms with Crippen LogP contribution in [0.1, 0.15) is 36.1 Å². The zero-order chi connectivity index (χ0) is 15.1. The van der Waals surface area contributed by atoms with E-state index < -0.39 is 0 Å². The predicted octanol–water partition coefficient (Wildman–Crippen LogP) is 2.84. The minimum atomic E-state index is 0.576. The Bertz CT molecular complexity index is 824. The van der Waals surface area contributed by atoms with Crippen molar-refractivity contribution in [1.29, 1.82) is 0 Å². The van der Waals surface area contributed by atoms with Crippen LogP contribution in [0.4, 0.5) is 5.95 Å². The van der Waals surface area contributed by atoms with E-state index in [2.05, 4.69) is 22.3 Å². The number of hydrogen-bond acceptors (Lipinski definition) is 6. The van der Waals surface area contributed by atoms with E-state index in [-0.39, 0.29) is 0 Å². The number of aryl methyl sites for hydroxylation is 1. The third-order valence-electron chi connectivity index (χ3n) is 4.31. The molecule has 0 aliphatic heterocycles. The molecule has 0 bridgehead atoms. The molecule has 1 N–H and O–H groups in total. The van der Waals surface area contributed by atoms with Gasteiger partial charge in [0.1, 0.15) is 11.2 Å². The summed E-state index contributed by atoms with van der Waals surface area (Å²) in [4.78, 5) is 11.8. The van der Waals surface area contributed by atoms with E-state index in [4.69, 9.17) is 9.72 Å². The molecule has 116 valence electrons. The van der Waals surface area contributed by atoms with E-state index in [1.54, 1.807) is 13.4 Å². The highest BCUT2D eigenvalue weighted by atomic mass is 32.1. The molecule has 1 unspecified atom stereocenters. The third-order valence-corrected chi connectivity index (χ3v) is 5.47. The Morgan fingerprint density at radius 3 is 3.27 bits per heavy atom. The minimum Gasteiger partial charge on any atom is -0.383 e. The molecule has 3 heterocycles. The number of anilines is 1. The first-order valence-corrected chi connectivity index (χ1v) is 8.49. The summed E-state index contributed by atoms with van der Waals surface area (Å²) in [6.07, 6.45) is 5.28. The van der Waals surface area contributed by atoms with E-state index in [1.807, 2.05) is 15.9 Å². The van der Waals surface area contributed by atoms with Crippen LogP contribution < -0.4 is 5.32 Å². The lowest BCUT2D eigenvalue weighted by Gasteiger charge is -2.18. The topological polar surface area (TPSA) is 64.3 Å². The number of fused-ring (bicyclic) bond motifs is 5. The summed E-state index contributed by atoms with van der Waals surface area (Å²) in [6, 6.07) is 0. The minimum absolute atomic E-state index is 0.576. The maximum Gasteiger partial charge on any atom is 0.227 e. The van der Waals surface area contributed by atoms with Gasteiger partial charge in [-0.15, -0.1) is 11.3 Å². The van der Waals surface area contributed by atoms with Gasteiger partial charge in [0.2, 0.25) is 5.95 Å². The van der Waals surface area contributed by atoms with Crippen LogP contribution in [0.2, 0.25) is 0 Å². The summed E-state index contributed by atoms with van der Waals surface area (Å²) >= 11 is 1.81. The lowest BCUT2D eigenvalue weighted by Crippen LogP contribution is -2.13. The molecule has 7 heteroatoms. The third kappa shape index (κ3) is 2.07. The number of hydrogen-bond donors (Lipinski definition) is 1. The summed E-state index contributed by atoms with van der Waals surface area (Å²) < 4.78 is 6.90. The highest BCUT2D eigenvalue weighted by molar-refractivity contribution is 7.19. The standard InChI is InChI=1S/C15H19N5OS/c1-9-4-3-5-10-11(9)12-13-17-8-18-20(13)15(16-6-7-21-2)19-14(12)22-10/h8-9H,3-7H2,1-2H3,(H,16,19). The average molecular weight is 317 g/mol. The molecule has 4 rings (SSSR count). The van der Waals surface area contributed by atoms with Crippen LogP contribution in [0, 0.1) is 0 Å². The van der Waals surface area contributed by atoms with Crippen molar-refractivity contribution < 1.29 is 4.74 Å². The van der Waals surface area contributed by atoms with Crippen molar-refractivity contribution in [2.24, 2.45) is 0 Å². The zero-order valence-corrected chi connectivity index (χ0v) is 13.6. The number of thiophene rings is 1. The van der Waals surface area contributed by atoms with Crippen LogP contribution in [-0.2, 0) is 11.2 Å². The number of rotatable bonds is 4. The number of nitrogens with zero attached hydrogens (tertiary/aromatic N) is 4. The summed E-state index contributed by atoms with van der Waals surface area (Å²) in [6.45, 7) is 3.64. The summed E-state index contributed by atoms with van der Waals surface area (Å²) in [5.74, 6) is 1.32. The second kappa shape index (κ2) is 5.48. The van der Waals surface area contributed by atoms with Crippen LogP contribution in [0.25, 0.3) is 15.9 Å². The molecule has 1 aliphatic rings. The highest BCUT2D eigenvalue weighted by Gasteiger charge is 2.25. The van der Waals surface area contributed by atoms with Crippen molar-refractivity contribution in [1.82, 2.24) is 19.6 Å². The van der Waals surface area contributed by atoms with E-state index in [9.17, 15) is 0 Å². The average Bonchev–Trinajstić information content (AvgIpc) is 3.11. The molecule has 0 radical (unpaired) electrons. The van der Waals surface area contributed by atoms with E-state index in [1.165, 1.54) is 28.7 Å². The Kier molecular flexibility index (Phi) is 3.46. The number of nitrogens with one attached hydrogen (secondary N) is 1. The first kappa shape index (κ1) is 13.9. The van der Waals surface area contributed by atoms with Gasteiger partial charge in [-0.3, -0.25) is 0 Å². The van der Waals surface area contributed by atoms with Gasteiger partial charge in [-0.2, -0.15) is 9.61 Å². The molecule has 3 aromatic rings. The van der Waals surface area contributed by atoms with Crippen LogP contribution >= 0.6 is 11.3 Å². The van der Waals surface area contributed by atoms with Crippen molar-refractivity contribution in [3.8, 4) is 0 Å². The molecule has 0 spiro atoms. The SMILES string of the molecule is COCCNc1nc2sc3c(c2c2ncnn12)C(C)CCC3. The fourth-order valence-corrected chi connectivity index (χ4v) is 4.61. The van der Waals surface area contributed by atoms with E-state index >= 15 is 0 Å². The van der Waals surface area contributed by atoms with Gasteiger partial charge in [-0.25, -0.2) is 9.97 Å². The van der Waals surface area contributed by atoms with Crippen LogP contribution in [0.15, 0.2) is 6.33 Å². The molecule has 0 saturated carbocycles. The Morgan fingerprint density at radius 2 is 2.41 bits per heavy atom. The van der Waals surface area contributed by atoms with Crippen molar-refractivity contribution in [2.45, 2.75) is 32.1 Å². The first-order valence-electron chi connectivity index (χ1n) is 7.67. The maximum atomic E-state index is 5.09. The Morgan fingerprint density at radius 1 is 1.50 bits per heavy atom. The molecule has 0 amide bonds. The lowest BCUT2D eigenvalue weighted by atomic mass is 9.87. The zero-order valence-electron chi connectivity index (χ0n) is 12.8. The molecule has 6 nitrogen and oxygen atoms in total. The van der Waals surface area contributed by atoms with Crippen LogP contribution in [-0.4, -0.2) is 39.8 Å². The van der Waals surface area contributed by atoms with Crippen molar-refractivity contribution in [3.63, 3.8) is 0 Å². The second-order valence-corrected chi connectivity index (χ2v) is 6.85. The van der Waals surface area contributed by atoms with Gasteiger partial charge >= 0.3 is 0 Å². The normalized spacial score (nSPS) is 18.0. The summed E-state index contributed by atoms with van der Waals surface area (Å²) in [5, 5.41) is 8.83. The molecule has 0 aromatic carbocycles. The molecule has 1 atom stereocenters. The number of ether oxygens (including phenoxy) is 1. The van der Waals surface area contributed by atoms with Gasteiger partial charge in [0, 0.05) is 18.5 Å². The van der Waals surface area contributed by atoms with E-state index in [0.29, 0.717) is 19.1 Å². The fourth-order valence-electron chi connectivity index (χ4n) is 3.28. The highest BCUT2D eigenvalue weighted by Crippen LogP contribution is 2.43. The Labute approximate surface area is 132 Å². The largest absolute Gasteiger partial charge is 0.383 e. The van der Waals surface area contributed by atoms with E-state index in [0.717, 1.165) is 22.8 Å². The molecule has 22 heavy (non-hydrogen) atoms. The van der Waals surface area contributed by atoms with Gasteiger partial charge in [0.15, 0.2) is 5.65 Å². The summed E-state index contributed by atoms with van der Waals surface area (Å²) in [5.41, 5.74) is 2.36. The second-order valence-electron chi connectivity index (χ2n) is 5.76. The molecule has 0 saturated heterocycles. The van der Waals surface area contributed by atoms with Crippen molar-refractivity contribution in [2.75, 3.05) is 25.6 Å². The van der Waals surface area contributed by atoms with Crippen molar-refractivity contribution in [3.05, 3.63) is 16.8 Å². The molecule has 1 aliphatic carbocycles. The van der Waals surface area contributed by atoms with Crippen LogP contribution in [0.3, 0.4) is 0 Å². The Balaban J connectivity index is 1.91. The van der Waals surface area contributed by atoms with Crippen LogP contribution in [0.5, 0.6) is 0 Å². The molecular formula is C15H19N5OS. The lowest BCUT2D eigenvalue weighted by molar-refractivity contribution is 0.210. The molecule has 0 fully saturated rings.